The van der Waals surface area contributed by atoms with Gasteiger partial charge in [-0.2, -0.15) is 9.97 Å². The Morgan fingerprint density at radius 3 is 1.90 bits per heavy atom. The summed E-state index contributed by atoms with van der Waals surface area (Å²) in [4.78, 5) is 15.4. The predicted octanol–water partition coefficient (Wildman–Crippen LogP) is 13.4. The van der Waals surface area contributed by atoms with E-state index in [-0.39, 0.29) is 5.41 Å². The highest BCUT2D eigenvalue weighted by Gasteiger charge is 2.36. The molecule has 280 valence electrons. The van der Waals surface area contributed by atoms with Crippen LogP contribution < -0.4 is 0 Å². The first-order valence-electron chi connectivity index (χ1n) is 20.5. The summed E-state index contributed by atoms with van der Waals surface area (Å²) < 4.78 is 4.65. The molecular weight excluding hydrogens is 719 g/mol. The van der Waals surface area contributed by atoms with Crippen molar-refractivity contribution in [2.24, 2.45) is 0 Å². The van der Waals surface area contributed by atoms with Gasteiger partial charge in [0.2, 0.25) is 5.95 Å². The van der Waals surface area contributed by atoms with E-state index < -0.39 is 0 Å². The van der Waals surface area contributed by atoms with Crippen LogP contribution in [-0.4, -0.2) is 24.1 Å². The van der Waals surface area contributed by atoms with Crippen molar-refractivity contribution < 1.29 is 0 Å². The van der Waals surface area contributed by atoms with E-state index in [0.717, 1.165) is 62.9 Å². The molecule has 7 aromatic carbocycles. The van der Waals surface area contributed by atoms with Gasteiger partial charge < -0.3 is 4.57 Å². The topological polar surface area (TPSA) is 48.5 Å². The molecule has 3 heterocycles. The van der Waals surface area contributed by atoms with Crippen molar-refractivity contribution >= 4 is 49.2 Å². The summed E-state index contributed by atoms with van der Waals surface area (Å²) in [6.45, 7) is 4.73. The third-order valence-corrected chi connectivity index (χ3v) is 12.6. The number of fused-ring (bicyclic) bond motifs is 9. The first-order chi connectivity index (χ1) is 29.0. The van der Waals surface area contributed by atoms with Gasteiger partial charge >= 0.3 is 0 Å². The molecule has 0 spiro atoms. The summed E-state index contributed by atoms with van der Waals surface area (Å²) in [7, 11) is 0. The van der Waals surface area contributed by atoms with Crippen LogP contribution in [0.2, 0.25) is 0 Å². The fourth-order valence-electron chi connectivity index (χ4n) is 9.73. The molecule has 0 fully saturated rings. The second-order valence-corrected chi connectivity index (χ2v) is 16.4. The average Bonchev–Trinajstić information content (AvgIpc) is 3.88. The van der Waals surface area contributed by atoms with Crippen LogP contribution in [0.15, 0.2) is 176 Å². The Kier molecular flexibility index (Phi) is 7.33. The lowest BCUT2D eigenvalue weighted by Gasteiger charge is -2.21. The van der Waals surface area contributed by atoms with Gasteiger partial charge in [-0.15, -0.1) is 0 Å². The summed E-state index contributed by atoms with van der Waals surface area (Å²) >= 11 is 0. The molecule has 10 aromatic rings. The third-order valence-electron chi connectivity index (χ3n) is 12.6. The third kappa shape index (κ3) is 5.14. The van der Waals surface area contributed by atoms with Gasteiger partial charge in [0.1, 0.15) is 0 Å². The van der Waals surface area contributed by atoms with E-state index in [1.807, 2.05) is 18.2 Å². The number of aromatic nitrogens is 5. The monoisotopic (exact) mass is 757 g/mol. The molecule has 0 bridgehead atoms. The molecule has 0 saturated carbocycles. The van der Waals surface area contributed by atoms with Gasteiger partial charge in [0, 0.05) is 38.2 Å². The second-order valence-electron chi connectivity index (χ2n) is 16.4. The Hall–Kier alpha value is -7.37. The van der Waals surface area contributed by atoms with E-state index in [1.165, 1.54) is 49.6 Å². The van der Waals surface area contributed by atoms with Crippen LogP contribution in [0.1, 0.15) is 43.6 Å². The Balaban J connectivity index is 1.06. The first-order valence-corrected chi connectivity index (χ1v) is 20.5. The summed E-state index contributed by atoms with van der Waals surface area (Å²) in [5.41, 5.74) is 15.5. The molecule has 0 N–H and O–H groups in total. The number of hydrogen-bond acceptors (Lipinski definition) is 3. The van der Waals surface area contributed by atoms with Crippen LogP contribution in [0.25, 0.3) is 94.5 Å². The summed E-state index contributed by atoms with van der Waals surface area (Å²) in [5.74, 6) is 2.02. The molecule has 2 aliphatic carbocycles. The molecule has 0 radical (unpaired) electrons. The number of hydrogen-bond donors (Lipinski definition) is 0. The minimum Gasteiger partial charge on any atom is -0.309 e. The number of para-hydroxylation sites is 2. The zero-order valence-corrected chi connectivity index (χ0v) is 32.9. The van der Waals surface area contributed by atoms with Crippen molar-refractivity contribution in [3.63, 3.8) is 0 Å². The highest BCUT2D eigenvalue weighted by atomic mass is 15.2. The molecule has 0 amide bonds. The van der Waals surface area contributed by atoms with Gasteiger partial charge in [-0.1, -0.05) is 135 Å². The minimum absolute atomic E-state index is 0.0936. The Labute approximate surface area is 342 Å². The average molecular weight is 758 g/mol. The molecule has 0 aliphatic heterocycles. The quantitative estimate of drug-likeness (QED) is 0.176. The van der Waals surface area contributed by atoms with E-state index in [1.54, 1.807) is 0 Å². The smallest absolute Gasteiger partial charge is 0.238 e. The van der Waals surface area contributed by atoms with Crippen LogP contribution in [0, 0.1) is 0 Å². The minimum atomic E-state index is -0.0936. The highest BCUT2D eigenvalue weighted by Crippen LogP contribution is 2.51. The molecule has 5 heteroatoms. The van der Waals surface area contributed by atoms with Crippen LogP contribution in [0.4, 0.5) is 0 Å². The number of nitrogens with zero attached hydrogens (tertiary/aromatic N) is 5. The standard InChI is InChI=1S/C54H39N5/c1-54(2)45-24-14-12-22-39(45)41-33-50-44(32-46(41)54)43-31-37(26-28-48(43)58(50)38-20-10-5-11-21-38)36-27-29-49-42(30-36)40-23-13-15-25-47(40)59(49)53-56-51(34-16-6-3-7-17-34)55-52(57-53)35-18-8-4-9-19-35/h3-8,10-18,20-33H,9,19H2,1-2H3. The van der Waals surface area contributed by atoms with Crippen LogP contribution >= 0.6 is 0 Å². The second kappa shape index (κ2) is 12.8. The van der Waals surface area contributed by atoms with Crippen LogP contribution in [-0.2, 0) is 5.41 Å². The van der Waals surface area contributed by atoms with Crippen molar-refractivity contribution in [3.8, 4) is 45.3 Å². The van der Waals surface area contributed by atoms with Gasteiger partial charge in [0.15, 0.2) is 11.6 Å². The van der Waals surface area contributed by atoms with Crippen molar-refractivity contribution in [2.45, 2.75) is 32.1 Å². The Bertz CT molecular complexity index is 3400. The normalized spacial score (nSPS) is 14.3. The SMILES string of the molecule is CC1(C)c2ccccc2-c2cc3c(cc21)c1cc(-c2ccc4c(c2)c2ccccc2n4-c2nc(C4=CC=CCC4)nc(-c4ccccc4)n2)ccc1n3-c1ccccc1. The zero-order chi connectivity index (χ0) is 39.2. The lowest BCUT2D eigenvalue weighted by Crippen LogP contribution is -2.14. The van der Waals surface area contributed by atoms with Gasteiger partial charge in [-0.3, -0.25) is 4.57 Å². The molecule has 0 atom stereocenters. The van der Waals surface area contributed by atoms with Gasteiger partial charge in [-0.25, -0.2) is 4.98 Å². The van der Waals surface area contributed by atoms with Crippen molar-refractivity contribution in [3.05, 3.63) is 193 Å². The summed E-state index contributed by atoms with van der Waals surface area (Å²) in [6.07, 6.45) is 8.30. The van der Waals surface area contributed by atoms with Crippen LogP contribution in [0.5, 0.6) is 0 Å². The van der Waals surface area contributed by atoms with Crippen molar-refractivity contribution in [1.29, 1.82) is 0 Å². The van der Waals surface area contributed by atoms with Gasteiger partial charge in [0.05, 0.1) is 22.1 Å². The maximum absolute atomic E-state index is 5.18. The van der Waals surface area contributed by atoms with Crippen LogP contribution in [0.3, 0.4) is 0 Å². The van der Waals surface area contributed by atoms with E-state index >= 15 is 0 Å². The molecule has 3 aromatic heterocycles. The van der Waals surface area contributed by atoms with Crippen molar-refractivity contribution in [1.82, 2.24) is 24.1 Å². The lowest BCUT2D eigenvalue weighted by atomic mass is 9.82. The van der Waals surface area contributed by atoms with E-state index in [9.17, 15) is 0 Å². The van der Waals surface area contributed by atoms with Crippen molar-refractivity contribution in [2.75, 3.05) is 0 Å². The maximum atomic E-state index is 5.18. The van der Waals surface area contributed by atoms with Gasteiger partial charge in [-0.05, 0) is 106 Å². The summed E-state index contributed by atoms with van der Waals surface area (Å²) in [5, 5.41) is 4.83. The molecule has 59 heavy (non-hydrogen) atoms. The Morgan fingerprint density at radius 1 is 0.475 bits per heavy atom. The van der Waals surface area contributed by atoms with E-state index in [4.69, 9.17) is 15.0 Å². The fraction of sp³-hybridized carbons (Fsp3) is 0.0926. The maximum Gasteiger partial charge on any atom is 0.238 e. The lowest BCUT2D eigenvalue weighted by molar-refractivity contribution is 0.661. The summed E-state index contributed by atoms with van der Waals surface area (Å²) in [6, 6.07) is 57.2. The zero-order valence-electron chi connectivity index (χ0n) is 32.9. The fourth-order valence-corrected chi connectivity index (χ4v) is 9.73. The molecule has 2 aliphatic rings. The number of allylic oxidation sites excluding steroid dienone is 4. The molecule has 0 saturated heterocycles. The highest BCUT2D eigenvalue weighted by molar-refractivity contribution is 6.14. The van der Waals surface area contributed by atoms with Gasteiger partial charge in [0.25, 0.3) is 0 Å². The Morgan fingerprint density at radius 2 is 1.12 bits per heavy atom. The largest absolute Gasteiger partial charge is 0.309 e. The first kappa shape index (κ1) is 33.7. The molecule has 12 rings (SSSR count). The predicted molar refractivity (Wildman–Crippen MR) is 243 cm³/mol. The molecule has 0 unspecified atom stereocenters. The van der Waals surface area contributed by atoms with E-state index in [2.05, 4.69) is 181 Å². The number of rotatable bonds is 5. The molecule has 5 nitrogen and oxygen atoms in total. The molecular formula is C54H39N5. The van der Waals surface area contributed by atoms with E-state index in [0.29, 0.717) is 11.8 Å². The number of benzene rings is 7.